The maximum Gasteiger partial charge on any atom is 0.343 e. The number of unbranched alkanes of at least 4 members (excludes halogenated alkanes) is 3. The van der Waals surface area contributed by atoms with E-state index < -0.39 is 0 Å². The van der Waals surface area contributed by atoms with Gasteiger partial charge in [0.15, 0.2) is 16.3 Å². The fourth-order valence-electron chi connectivity index (χ4n) is 0.773. The first-order chi connectivity index (χ1) is 5.31. The first-order valence-electron chi connectivity index (χ1n) is 3.79. The number of carbonyl (C=O) groups is 1. The number of rotatable bonds is 6. The number of halogens is 1. The van der Waals surface area contributed by atoms with Crippen LogP contribution in [0, 0.1) is 0 Å². The lowest BCUT2D eigenvalue weighted by Gasteiger charge is -1.97. The SMILES string of the molecule is CCCCCCC(=O)OOBr. The van der Waals surface area contributed by atoms with E-state index in [1.165, 1.54) is 12.8 Å². The Morgan fingerprint density at radius 1 is 1.36 bits per heavy atom. The maximum absolute atomic E-state index is 10.6. The molecule has 0 rings (SSSR count). The lowest BCUT2D eigenvalue weighted by Crippen LogP contribution is -2.00. The third kappa shape index (κ3) is 7.81. The Morgan fingerprint density at radius 2 is 2.09 bits per heavy atom. The van der Waals surface area contributed by atoms with E-state index >= 15 is 0 Å². The van der Waals surface area contributed by atoms with E-state index in [4.69, 9.17) is 0 Å². The molecule has 0 N–H and O–H groups in total. The molecular formula is C7H13BrO3. The van der Waals surface area contributed by atoms with Gasteiger partial charge in [0.1, 0.15) is 0 Å². The highest BCUT2D eigenvalue weighted by atomic mass is 79.9. The molecule has 0 atom stereocenters. The highest BCUT2D eigenvalue weighted by molar-refractivity contribution is 9.05. The molecule has 0 aromatic rings. The second-order valence-corrected chi connectivity index (χ2v) is 2.59. The van der Waals surface area contributed by atoms with Crippen molar-refractivity contribution in [1.29, 1.82) is 0 Å². The minimum atomic E-state index is -0.321. The minimum absolute atomic E-state index is 0.321. The van der Waals surface area contributed by atoms with Crippen molar-refractivity contribution in [1.82, 2.24) is 0 Å². The summed E-state index contributed by atoms with van der Waals surface area (Å²) in [6.45, 7) is 2.12. The molecule has 0 radical (unpaired) electrons. The number of hydrogen-bond donors (Lipinski definition) is 0. The zero-order valence-corrected chi connectivity index (χ0v) is 8.22. The topological polar surface area (TPSA) is 35.5 Å². The molecule has 0 spiro atoms. The summed E-state index contributed by atoms with van der Waals surface area (Å²) in [7, 11) is 0. The van der Waals surface area contributed by atoms with Crippen molar-refractivity contribution in [2.75, 3.05) is 0 Å². The third-order valence-electron chi connectivity index (χ3n) is 1.36. The predicted molar refractivity (Wildman–Crippen MR) is 44.9 cm³/mol. The Hall–Kier alpha value is -0.0900. The Kier molecular flexibility index (Phi) is 7.95. The first-order valence-corrected chi connectivity index (χ1v) is 4.44. The fraction of sp³-hybridized carbons (Fsp3) is 0.857. The molecule has 0 unspecified atom stereocenters. The smallest absolute Gasteiger partial charge is 0.286 e. The van der Waals surface area contributed by atoms with E-state index in [0.29, 0.717) is 6.42 Å². The Bertz CT molecular complexity index is 106. The molecule has 11 heavy (non-hydrogen) atoms. The van der Waals surface area contributed by atoms with Crippen LogP contribution in [0.5, 0.6) is 0 Å². The van der Waals surface area contributed by atoms with Crippen LogP contribution in [0.25, 0.3) is 0 Å². The predicted octanol–water partition coefficient (Wildman–Crippen LogP) is 2.74. The van der Waals surface area contributed by atoms with Crippen LogP contribution in [0.3, 0.4) is 0 Å². The van der Waals surface area contributed by atoms with Gasteiger partial charge in [0.05, 0.1) is 0 Å². The van der Waals surface area contributed by atoms with Gasteiger partial charge >= 0.3 is 5.97 Å². The summed E-state index contributed by atoms with van der Waals surface area (Å²) in [5, 5.41) is 0. The minimum Gasteiger partial charge on any atom is -0.286 e. The molecule has 0 aliphatic carbocycles. The summed E-state index contributed by atoms with van der Waals surface area (Å²) >= 11 is 2.53. The van der Waals surface area contributed by atoms with Crippen molar-refractivity contribution in [3.8, 4) is 0 Å². The molecule has 0 aromatic heterocycles. The molecule has 0 heterocycles. The molecule has 0 aliphatic rings. The lowest BCUT2D eigenvalue weighted by atomic mass is 10.2. The van der Waals surface area contributed by atoms with Crippen LogP contribution < -0.4 is 0 Å². The monoisotopic (exact) mass is 224 g/mol. The van der Waals surface area contributed by atoms with Crippen molar-refractivity contribution >= 4 is 22.2 Å². The van der Waals surface area contributed by atoms with Gasteiger partial charge in [0.25, 0.3) is 0 Å². The molecule has 0 amide bonds. The van der Waals surface area contributed by atoms with E-state index in [9.17, 15) is 4.79 Å². The van der Waals surface area contributed by atoms with Crippen LogP contribution in [-0.4, -0.2) is 5.97 Å². The van der Waals surface area contributed by atoms with Crippen LogP contribution in [0.4, 0.5) is 0 Å². The van der Waals surface area contributed by atoms with E-state index in [1.807, 2.05) is 0 Å². The molecule has 0 aliphatic heterocycles. The summed E-state index contributed by atoms with van der Waals surface area (Å²) in [4.78, 5) is 14.8. The largest absolute Gasteiger partial charge is 0.343 e. The van der Waals surface area contributed by atoms with Gasteiger partial charge in [-0.3, -0.25) is 4.89 Å². The molecule has 3 nitrogen and oxygen atoms in total. The highest BCUT2D eigenvalue weighted by Crippen LogP contribution is 2.03. The van der Waals surface area contributed by atoms with Crippen molar-refractivity contribution in [2.24, 2.45) is 0 Å². The third-order valence-corrected chi connectivity index (χ3v) is 1.49. The van der Waals surface area contributed by atoms with Crippen molar-refractivity contribution in [3.63, 3.8) is 0 Å². The van der Waals surface area contributed by atoms with Gasteiger partial charge in [-0.05, 0) is 6.42 Å². The molecule has 66 valence electrons. The van der Waals surface area contributed by atoms with Crippen LogP contribution in [-0.2, 0) is 13.7 Å². The van der Waals surface area contributed by atoms with Crippen LogP contribution >= 0.6 is 16.3 Å². The lowest BCUT2D eigenvalue weighted by molar-refractivity contribution is -0.201. The molecule has 0 saturated heterocycles. The average molecular weight is 225 g/mol. The first kappa shape index (κ1) is 10.9. The van der Waals surface area contributed by atoms with Gasteiger partial charge in [0, 0.05) is 6.42 Å². The Morgan fingerprint density at radius 3 is 2.64 bits per heavy atom. The maximum atomic E-state index is 10.6. The normalized spacial score (nSPS) is 9.64. The molecule has 4 heteroatoms. The molecule has 0 saturated carbocycles. The summed E-state index contributed by atoms with van der Waals surface area (Å²) in [6.07, 6.45) is 4.73. The summed E-state index contributed by atoms with van der Waals surface area (Å²) < 4.78 is 4.02. The summed E-state index contributed by atoms with van der Waals surface area (Å²) in [5.41, 5.74) is 0. The zero-order chi connectivity index (χ0) is 8.53. The van der Waals surface area contributed by atoms with E-state index in [1.54, 1.807) is 0 Å². The number of hydrogen-bond acceptors (Lipinski definition) is 3. The summed E-state index contributed by atoms with van der Waals surface area (Å²) in [6, 6.07) is 0. The zero-order valence-electron chi connectivity index (χ0n) is 6.64. The van der Waals surface area contributed by atoms with E-state index in [-0.39, 0.29) is 5.97 Å². The van der Waals surface area contributed by atoms with Gasteiger partial charge in [-0.2, -0.15) is 0 Å². The molecular weight excluding hydrogens is 212 g/mol. The molecule has 0 fully saturated rings. The van der Waals surface area contributed by atoms with Gasteiger partial charge in [-0.25, -0.2) is 4.79 Å². The van der Waals surface area contributed by atoms with Crippen molar-refractivity contribution in [3.05, 3.63) is 0 Å². The van der Waals surface area contributed by atoms with Gasteiger partial charge in [-0.1, -0.05) is 26.2 Å². The standard InChI is InChI=1S/C7H13BrO3/c1-2-3-4-5-6-7(9)10-11-8/h2-6H2,1H3. The second-order valence-electron chi connectivity index (χ2n) is 2.33. The van der Waals surface area contributed by atoms with Crippen LogP contribution in [0.2, 0.25) is 0 Å². The Labute approximate surface area is 75.4 Å². The fourth-order valence-corrected chi connectivity index (χ4v) is 0.920. The molecule has 0 bridgehead atoms. The van der Waals surface area contributed by atoms with Gasteiger partial charge < -0.3 is 0 Å². The van der Waals surface area contributed by atoms with E-state index in [0.717, 1.165) is 12.8 Å². The second kappa shape index (κ2) is 8.01. The van der Waals surface area contributed by atoms with Crippen LogP contribution in [0.15, 0.2) is 0 Å². The van der Waals surface area contributed by atoms with Crippen molar-refractivity contribution < 1.29 is 13.7 Å². The van der Waals surface area contributed by atoms with Gasteiger partial charge in [0.2, 0.25) is 0 Å². The van der Waals surface area contributed by atoms with Crippen molar-refractivity contribution in [2.45, 2.75) is 39.0 Å². The van der Waals surface area contributed by atoms with E-state index in [2.05, 4.69) is 32.0 Å². The average Bonchev–Trinajstić information content (AvgIpc) is 1.99. The quantitative estimate of drug-likeness (QED) is 0.396. The highest BCUT2D eigenvalue weighted by Gasteiger charge is 2.01. The number of carbonyl (C=O) groups excluding carboxylic acids is 1. The van der Waals surface area contributed by atoms with Crippen LogP contribution in [0.1, 0.15) is 39.0 Å². The summed E-state index contributed by atoms with van der Waals surface area (Å²) in [5.74, 6) is -0.321. The van der Waals surface area contributed by atoms with Gasteiger partial charge in [-0.15, -0.1) is 3.98 Å². The molecule has 0 aromatic carbocycles. The Balaban J connectivity index is 3.04.